The molecule has 0 bridgehead atoms. The van der Waals surface area contributed by atoms with E-state index in [0.29, 0.717) is 26.2 Å². The highest BCUT2D eigenvalue weighted by molar-refractivity contribution is 5.64. The number of amides is 1. The van der Waals surface area contributed by atoms with E-state index in [-0.39, 0.29) is 12.2 Å². The summed E-state index contributed by atoms with van der Waals surface area (Å²) in [6.45, 7) is 1.57. The van der Waals surface area contributed by atoms with Gasteiger partial charge in [0.2, 0.25) is 0 Å². The Bertz CT molecular complexity index is 374. The highest BCUT2D eigenvalue weighted by Crippen LogP contribution is 2.22. The van der Waals surface area contributed by atoms with Gasteiger partial charge in [-0.2, -0.15) is 0 Å². The van der Waals surface area contributed by atoms with Gasteiger partial charge in [0.15, 0.2) is 6.29 Å². The van der Waals surface area contributed by atoms with Crippen LogP contribution >= 0.6 is 0 Å². The van der Waals surface area contributed by atoms with Gasteiger partial charge in [0.1, 0.15) is 0 Å². The quantitative estimate of drug-likeness (QED) is 0.856. The summed E-state index contributed by atoms with van der Waals surface area (Å²) in [5.41, 5.74) is 1.21. The monoisotopic (exact) mass is 251 g/mol. The number of rotatable bonds is 4. The second-order valence-electron chi connectivity index (χ2n) is 4.22. The Morgan fingerprint density at radius 3 is 2.56 bits per heavy atom. The second kappa shape index (κ2) is 6.37. The molecule has 0 unspecified atom stereocenters. The normalized spacial score (nSPS) is 23.6. The molecule has 1 fully saturated rings. The molecule has 5 nitrogen and oxygen atoms in total. The third-order valence-electron chi connectivity index (χ3n) is 2.89. The van der Waals surface area contributed by atoms with Crippen molar-refractivity contribution in [2.45, 2.75) is 18.6 Å². The van der Waals surface area contributed by atoms with Gasteiger partial charge in [0, 0.05) is 18.9 Å². The van der Waals surface area contributed by atoms with E-state index in [9.17, 15) is 4.79 Å². The molecule has 18 heavy (non-hydrogen) atoms. The lowest BCUT2D eigenvalue weighted by Crippen LogP contribution is -2.34. The molecule has 0 aliphatic carbocycles. The van der Waals surface area contributed by atoms with Crippen LogP contribution in [0.25, 0.3) is 0 Å². The molecule has 1 aliphatic heterocycles. The molecule has 1 aromatic carbocycles. The SMILES string of the molecule is O=C(O)NCC[C@H]1OC[C@H](c2ccccc2)CO1. The Kier molecular flexibility index (Phi) is 4.55. The zero-order chi connectivity index (χ0) is 12.8. The molecule has 0 spiro atoms. The van der Waals surface area contributed by atoms with Crippen molar-refractivity contribution in [2.75, 3.05) is 19.8 Å². The Morgan fingerprint density at radius 1 is 1.28 bits per heavy atom. The standard InChI is InChI=1S/C13H17NO4/c15-13(16)14-7-6-12-17-8-11(9-18-12)10-4-2-1-3-5-10/h1-5,11-12,14H,6-9H2,(H,15,16)/t11-,12-. The molecule has 5 heteroatoms. The smallest absolute Gasteiger partial charge is 0.404 e. The molecule has 1 heterocycles. The van der Waals surface area contributed by atoms with Gasteiger partial charge in [0.25, 0.3) is 0 Å². The summed E-state index contributed by atoms with van der Waals surface area (Å²) >= 11 is 0. The van der Waals surface area contributed by atoms with E-state index in [0.717, 1.165) is 0 Å². The molecule has 2 rings (SSSR count). The maximum atomic E-state index is 10.3. The van der Waals surface area contributed by atoms with Crippen LogP contribution in [-0.4, -0.2) is 37.2 Å². The molecule has 98 valence electrons. The van der Waals surface area contributed by atoms with Crippen molar-refractivity contribution >= 4 is 6.09 Å². The summed E-state index contributed by atoms with van der Waals surface area (Å²) in [6, 6.07) is 10.1. The first-order valence-corrected chi connectivity index (χ1v) is 6.00. The van der Waals surface area contributed by atoms with Crippen LogP contribution in [0.1, 0.15) is 17.9 Å². The van der Waals surface area contributed by atoms with Crippen LogP contribution in [0.2, 0.25) is 0 Å². The maximum absolute atomic E-state index is 10.3. The molecular formula is C13H17NO4. The average Bonchev–Trinajstić information content (AvgIpc) is 2.40. The van der Waals surface area contributed by atoms with E-state index < -0.39 is 6.09 Å². The van der Waals surface area contributed by atoms with Gasteiger partial charge >= 0.3 is 6.09 Å². The molecule has 0 radical (unpaired) electrons. The number of nitrogens with one attached hydrogen (secondary N) is 1. The summed E-state index contributed by atoms with van der Waals surface area (Å²) in [6.07, 6.45) is -0.793. The van der Waals surface area contributed by atoms with E-state index in [2.05, 4.69) is 17.4 Å². The Labute approximate surface area is 106 Å². The summed E-state index contributed by atoms with van der Waals surface area (Å²) < 4.78 is 11.1. The van der Waals surface area contributed by atoms with Gasteiger partial charge in [-0.3, -0.25) is 0 Å². The van der Waals surface area contributed by atoms with E-state index in [1.807, 2.05) is 18.2 Å². The molecule has 2 N–H and O–H groups in total. The van der Waals surface area contributed by atoms with Crippen molar-refractivity contribution in [1.29, 1.82) is 0 Å². The van der Waals surface area contributed by atoms with Gasteiger partial charge < -0.3 is 19.9 Å². The third-order valence-corrected chi connectivity index (χ3v) is 2.89. The number of hydrogen-bond acceptors (Lipinski definition) is 3. The zero-order valence-electron chi connectivity index (χ0n) is 10.0. The van der Waals surface area contributed by atoms with Gasteiger partial charge in [-0.25, -0.2) is 4.79 Å². The molecule has 1 amide bonds. The third kappa shape index (κ3) is 3.72. The van der Waals surface area contributed by atoms with E-state index in [1.165, 1.54) is 5.56 Å². The summed E-state index contributed by atoms with van der Waals surface area (Å²) in [4.78, 5) is 10.3. The number of carboxylic acid groups (broad SMARTS) is 1. The van der Waals surface area contributed by atoms with Crippen molar-refractivity contribution in [3.05, 3.63) is 35.9 Å². The van der Waals surface area contributed by atoms with Crippen LogP contribution < -0.4 is 5.32 Å². The Hall–Kier alpha value is -1.59. The van der Waals surface area contributed by atoms with Crippen molar-refractivity contribution in [3.8, 4) is 0 Å². The summed E-state index contributed by atoms with van der Waals surface area (Å²) in [5.74, 6) is 0.259. The van der Waals surface area contributed by atoms with Crippen molar-refractivity contribution in [3.63, 3.8) is 0 Å². The number of hydrogen-bond donors (Lipinski definition) is 2. The minimum absolute atomic E-state index is 0.259. The lowest BCUT2D eigenvalue weighted by molar-refractivity contribution is -0.188. The highest BCUT2D eigenvalue weighted by atomic mass is 16.7. The van der Waals surface area contributed by atoms with Crippen molar-refractivity contribution in [2.24, 2.45) is 0 Å². The van der Waals surface area contributed by atoms with Gasteiger partial charge in [0.05, 0.1) is 13.2 Å². The van der Waals surface area contributed by atoms with Crippen LogP contribution in [0.15, 0.2) is 30.3 Å². The van der Waals surface area contributed by atoms with E-state index in [4.69, 9.17) is 14.6 Å². The minimum atomic E-state index is -1.02. The topological polar surface area (TPSA) is 67.8 Å². The number of ether oxygens (including phenoxy) is 2. The van der Waals surface area contributed by atoms with Crippen molar-refractivity contribution in [1.82, 2.24) is 5.32 Å². The van der Waals surface area contributed by atoms with Crippen LogP contribution in [0.4, 0.5) is 4.79 Å². The molecule has 0 aromatic heterocycles. The first kappa shape index (κ1) is 12.9. The van der Waals surface area contributed by atoms with Crippen LogP contribution in [-0.2, 0) is 9.47 Å². The fraction of sp³-hybridized carbons (Fsp3) is 0.462. The molecule has 1 saturated heterocycles. The molecule has 0 atom stereocenters. The fourth-order valence-electron chi connectivity index (χ4n) is 1.92. The first-order chi connectivity index (χ1) is 8.75. The van der Waals surface area contributed by atoms with Gasteiger partial charge in [-0.05, 0) is 5.56 Å². The number of carbonyl (C=O) groups is 1. The number of benzene rings is 1. The first-order valence-electron chi connectivity index (χ1n) is 6.00. The zero-order valence-corrected chi connectivity index (χ0v) is 10.0. The van der Waals surface area contributed by atoms with Crippen LogP contribution in [0.5, 0.6) is 0 Å². The second-order valence-corrected chi connectivity index (χ2v) is 4.22. The highest BCUT2D eigenvalue weighted by Gasteiger charge is 2.23. The van der Waals surface area contributed by atoms with E-state index >= 15 is 0 Å². The predicted octanol–water partition coefficient (Wildman–Crippen LogP) is 1.80. The average molecular weight is 251 g/mol. The lowest BCUT2D eigenvalue weighted by atomic mass is 10.0. The molecular weight excluding hydrogens is 234 g/mol. The Morgan fingerprint density at radius 2 is 1.94 bits per heavy atom. The molecule has 1 aliphatic rings. The van der Waals surface area contributed by atoms with Gasteiger partial charge in [-0.1, -0.05) is 30.3 Å². The summed E-state index contributed by atoms with van der Waals surface area (Å²) in [5, 5.41) is 10.7. The maximum Gasteiger partial charge on any atom is 0.404 e. The van der Waals surface area contributed by atoms with Crippen LogP contribution in [0.3, 0.4) is 0 Å². The molecule has 0 saturated carbocycles. The molecule has 1 aromatic rings. The Balaban J connectivity index is 1.73. The minimum Gasteiger partial charge on any atom is -0.465 e. The largest absolute Gasteiger partial charge is 0.465 e. The van der Waals surface area contributed by atoms with Gasteiger partial charge in [-0.15, -0.1) is 0 Å². The summed E-state index contributed by atoms with van der Waals surface area (Å²) in [7, 11) is 0. The van der Waals surface area contributed by atoms with Crippen LogP contribution in [0, 0.1) is 0 Å². The predicted molar refractivity (Wildman–Crippen MR) is 65.5 cm³/mol. The fourth-order valence-corrected chi connectivity index (χ4v) is 1.92. The lowest BCUT2D eigenvalue weighted by Gasteiger charge is -2.29. The van der Waals surface area contributed by atoms with Crippen molar-refractivity contribution < 1.29 is 19.4 Å². The van der Waals surface area contributed by atoms with E-state index in [1.54, 1.807) is 0 Å².